The highest BCUT2D eigenvalue weighted by Gasteiger charge is 2.36. The minimum atomic E-state index is -4.65. The van der Waals surface area contributed by atoms with Crippen molar-refractivity contribution < 1.29 is 22.8 Å². The summed E-state index contributed by atoms with van der Waals surface area (Å²) in [6.07, 6.45) is -4.55. The zero-order valence-corrected chi connectivity index (χ0v) is 22.3. The Labute approximate surface area is 227 Å². The van der Waals surface area contributed by atoms with E-state index in [-0.39, 0.29) is 45.2 Å². The maximum atomic E-state index is 13.5. The minimum absolute atomic E-state index is 0.0533. The predicted octanol–water partition coefficient (Wildman–Crippen LogP) is 3.90. The van der Waals surface area contributed by atoms with Crippen molar-refractivity contribution in [3.8, 4) is 5.69 Å². The number of halogens is 5. The molecule has 1 aliphatic heterocycles. The molecule has 2 aromatic carbocycles. The summed E-state index contributed by atoms with van der Waals surface area (Å²) in [6.45, 7) is 1.58. The zero-order valence-electron chi connectivity index (χ0n) is 20.0. The lowest BCUT2D eigenvalue weighted by atomic mass is 9.98. The van der Waals surface area contributed by atoms with Gasteiger partial charge in [-0.1, -0.05) is 27.5 Å². The fraction of sp³-hybridized carbons (Fsp3) is 0.250. The van der Waals surface area contributed by atoms with Gasteiger partial charge in [-0.15, -0.1) is 0 Å². The topological polar surface area (TPSA) is 122 Å². The van der Waals surface area contributed by atoms with Crippen molar-refractivity contribution in [2.45, 2.75) is 32.1 Å². The van der Waals surface area contributed by atoms with Crippen LogP contribution in [0.15, 0.2) is 45.7 Å². The smallest absolute Gasteiger partial charge is 0.355 e. The van der Waals surface area contributed by atoms with Crippen LogP contribution in [0.1, 0.15) is 44.5 Å². The first-order chi connectivity index (χ1) is 17.9. The SMILES string of the molecule is CNC(=O)c1ccc(-n2c(NN)nc3c(c2=O)CC(C)N(C(=O)c2ccc(Br)c(C(F)(F)F)c2)C3)cc1Cl. The Hall–Kier alpha value is -3.42. The van der Waals surface area contributed by atoms with Crippen molar-refractivity contribution in [1.82, 2.24) is 19.8 Å². The van der Waals surface area contributed by atoms with Crippen LogP contribution in [0.5, 0.6) is 0 Å². The van der Waals surface area contributed by atoms with Gasteiger partial charge in [-0.2, -0.15) is 13.2 Å². The molecule has 0 spiro atoms. The fourth-order valence-corrected chi connectivity index (χ4v) is 5.00. The fourth-order valence-electron chi connectivity index (χ4n) is 4.27. The van der Waals surface area contributed by atoms with E-state index >= 15 is 0 Å². The van der Waals surface area contributed by atoms with E-state index in [2.05, 4.69) is 31.7 Å². The number of nitrogens with zero attached hydrogens (tertiary/aromatic N) is 3. The minimum Gasteiger partial charge on any atom is -0.355 e. The molecule has 0 aliphatic carbocycles. The molecule has 1 aromatic heterocycles. The van der Waals surface area contributed by atoms with E-state index in [0.29, 0.717) is 11.3 Å². The van der Waals surface area contributed by atoms with Gasteiger partial charge in [0.15, 0.2) is 0 Å². The number of anilines is 1. The Kier molecular flexibility index (Phi) is 7.55. The average molecular weight is 614 g/mol. The van der Waals surface area contributed by atoms with Crippen LogP contribution in [0.2, 0.25) is 5.02 Å². The molecular weight excluding hydrogens is 593 g/mol. The van der Waals surface area contributed by atoms with Crippen molar-refractivity contribution in [2.24, 2.45) is 5.84 Å². The second-order valence-electron chi connectivity index (χ2n) is 8.57. The second kappa shape index (κ2) is 10.4. The molecule has 2 heterocycles. The number of nitrogens with two attached hydrogens (primary N) is 1. The first-order valence-electron chi connectivity index (χ1n) is 11.2. The van der Waals surface area contributed by atoms with Gasteiger partial charge in [0, 0.05) is 28.7 Å². The molecule has 4 N–H and O–H groups in total. The number of aromatic nitrogens is 2. The number of hydrazine groups is 1. The molecule has 200 valence electrons. The highest BCUT2D eigenvalue weighted by Crippen LogP contribution is 2.36. The molecule has 0 radical (unpaired) electrons. The number of carbonyl (C=O) groups excluding carboxylic acids is 2. The van der Waals surface area contributed by atoms with Gasteiger partial charge >= 0.3 is 6.18 Å². The van der Waals surface area contributed by atoms with Crippen LogP contribution in [0.25, 0.3) is 5.69 Å². The molecule has 0 bridgehead atoms. The maximum Gasteiger partial charge on any atom is 0.417 e. The van der Waals surface area contributed by atoms with Gasteiger partial charge in [-0.25, -0.2) is 15.4 Å². The van der Waals surface area contributed by atoms with Crippen LogP contribution in [-0.4, -0.2) is 39.4 Å². The molecule has 1 unspecified atom stereocenters. The first-order valence-corrected chi connectivity index (χ1v) is 12.4. The van der Waals surface area contributed by atoms with E-state index in [1.165, 1.54) is 46.8 Å². The standard InChI is InChI=1S/C24H21BrClF3N6O3/c1-11-7-15-19(10-34(11)21(37)12-3-6-17(25)16(8-12)24(27,28)29)32-23(33-30)35(22(15)38)13-4-5-14(18(26)9-13)20(36)31-2/h3-6,8-9,11H,7,10,30H2,1-2H3,(H,31,36)(H,32,33). The molecule has 14 heteroatoms. The summed E-state index contributed by atoms with van der Waals surface area (Å²) >= 11 is 9.14. The molecule has 3 aromatic rings. The van der Waals surface area contributed by atoms with Gasteiger partial charge < -0.3 is 10.2 Å². The van der Waals surface area contributed by atoms with Crippen molar-refractivity contribution in [3.05, 3.63) is 84.2 Å². The van der Waals surface area contributed by atoms with Crippen molar-refractivity contribution in [2.75, 3.05) is 12.5 Å². The highest BCUT2D eigenvalue weighted by molar-refractivity contribution is 9.10. The third-order valence-corrected chi connectivity index (χ3v) is 7.21. The van der Waals surface area contributed by atoms with Crippen LogP contribution in [0.4, 0.5) is 19.1 Å². The van der Waals surface area contributed by atoms with Crippen LogP contribution in [0.3, 0.4) is 0 Å². The number of alkyl halides is 3. The monoisotopic (exact) mass is 612 g/mol. The molecular formula is C24H21BrClF3N6O3. The quantitative estimate of drug-likeness (QED) is 0.303. The number of nitrogen functional groups attached to an aromatic ring is 1. The lowest BCUT2D eigenvalue weighted by molar-refractivity contribution is -0.138. The van der Waals surface area contributed by atoms with E-state index in [1.54, 1.807) is 6.92 Å². The van der Waals surface area contributed by atoms with Crippen LogP contribution < -0.4 is 22.1 Å². The summed E-state index contributed by atoms with van der Waals surface area (Å²) in [5.74, 6) is 4.56. The van der Waals surface area contributed by atoms with E-state index in [4.69, 9.17) is 17.4 Å². The number of amides is 2. The lowest BCUT2D eigenvalue weighted by Gasteiger charge is -2.34. The molecule has 0 saturated heterocycles. The molecule has 0 saturated carbocycles. The molecule has 9 nitrogen and oxygen atoms in total. The largest absolute Gasteiger partial charge is 0.417 e. The second-order valence-corrected chi connectivity index (χ2v) is 9.83. The summed E-state index contributed by atoms with van der Waals surface area (Å²) in [5.41, 5.74) is 1.88. The summed E-state index contributed by atoms with van der Waals surface area (Å²) < 4.78 is 41.1. The number of carbonyl (C=O) groups is 2. The number of rotatable bonds is 4. The summed E-state index contributed by atoms with van der Waals surface area (Å²) in [4.78, 5) is 44.5. The van der Waals surface area contributed by atoms with Crippen LogP contribution >= 0.6 is 27.5 Å². The molecule has 4 rings (SSSR count). The Balaban J connectivity index is 1.73. The van der Waals surface area contributed by atoms with Gasteiger partial charge in [-0.05, 0) is 49.7 Å². The van der Waals surface area contributed by atoms with E-state index in [0.717, 1.165) is 6.07 Å². The number of hydrogen-bond acceptors (Lipinski definition) is 6. The Morgan fingerprint density at radius 1 is 1.21 bits per heavy atom. The van der Waals surface area contributed by atoms with E-state index in [9.17, 15) is 27.6 Å². The van der Waals surface area contributed by atoms with Gasteiger partial charge in [-0.3, -0.25) is 19.8 Å². The van der Waals surface area contributed by atoms with Gasteiger partial charge in [0.2, 0.25) is 5.95 Å². The third-order valence-electron chi connectivity index (χ3n) is 6.21. The molecule has 1 atom stereocenters. The van der Waals surface area contributed by atoms with Gasteiger partial charge in [0.05, 0.1) is 34.1 Å². The van der Waals surface area contributed by atoms with Crippen molar-refractivity contribution in [1.29, 1.82) is 0 Å². The number of benzene rings is 2. The lowest BCUT2D eigenvalue weighted by Crippen LogP contribution is -2.46. The normalized spacial score (nSPS) is 15.2. The molecule has 38 heavy (non-hydrogen) atoms. The number of hydrogen-bond donors (Lipinski definition) is 3. The Bertz CT molecular complexity index is 1510. The summed E-state index contributed by atoms with van der Waals surface area (Å²) in [6, 6.07) is 7.14. The van der Waals surface area contributed by atoms with E-state index in [1.807, 2.05) is 0 Å². The summed E-state index contributed by atoms with van der Waals surface area (Å²) in [7, 11) is 1.46. The van der Waals surface area contributed by atoms with Gasteiger partial charge in [0.1, 0.15) is 0 Å². The molecule has 1 aliphatic rings. The number of nitrogens with one attached hydrogen (secondary N) is 2. The summed E-state index contributed by atoms with van der Waals surface area (Å²) in [5, 5.41) is 2.58. The van der Waals surface area contributed by atoms with E-state index < -0.39 is 35.2 Å². The first kappa shape index (κ1) is 27.6. The van der Waals surface area contributed by atoms with Gasteiger partial charge in [0.25, 0.3) is 17.4 Å². The van der Waals surface area contributed by atoms with Crippen LogP contribution in [0, 0.1) is 0 Å². The predicted molar refractivity (Wildman–Crippen MR) is 138 cm³/mol. The van der Waals surface area contributed by atoms with Crippen molar-refractivity contribution in [3.63, 3.8) is 0 Å². The molecule has 2 amide bonds. The maximum absolute atomic E-state index is 13.5. The zero-order chi connectivity index (χ0) is 27.9. The average Bonchev–Trinajstić information content (AvgIpc) is 2.87. The Morgan fingerprint density at radius 3 is 2.53 bits per heavy atom. The Morgan fingerprint density at radius 2 is 1.92 bits per heavy atom. The van der Waals surface area contributed by atoms with Crippen LogP contribution in [-0.2, 0) is 19.1 Å². The molecule has 0 fully saturated rings. The number of fused-ring (bicyclic) bond motifs is 1. The third kappa shape index (κ3) is 5.00. The van der Waals surface area contributed by atoms with Crippen molar-refractivity contribution >= 4 is 45.3 Å². The highest BCUT2D eigenvalue weighted by atomic mass is 79.9.